The molecule has 2 aliphatic heterocycles. The normalized spacial score (nSPS) is 30.5. The van der Waals surface area contributed by atoms with Crippen LogP contribution in [0.4, 0.5) is 0 Å². The molecule has 114 valence electrons. The molecule has 2 aliphatic rings. The number of fused-ring (bicyclic) bond motifs is 4. The van der Waals surface area contributed by atoms with E-state index in [2.05, 4.69) is 46.1 Å². The van der Waals surface area contributed by atoms with E-state index in [1.807, 2.05) is 12.1 Å². The lowest BCUT2D eigenvalue weighted by molar-refractivity contribution is -0.114. The maximum absolute atomic E-state index is 6.36. The Morgan fingerprint density at radius 2 is 2.29 bits per heavy atom. The number of halogens is 1. The molecule has 2 bridgehead atoms. The highest BCUT2D eigenvalue weighted by Gasteiger charge is 2.52. The topological polar surface area (TPSA) is 33.7 Å². The van der Waals surface area contributed by atoms with Crippen molar-refractivity contribution in [2.24, 2.45) is 5.92 Å². The zero-order chi connectivity index (χ0) is 15.2. The standard InChI is InChI=1S/C15H19BrN2O2S/c1-9-13-11-8-10(16)4-5-12(11)20-15(9,2)18(6-7-19-3)14(21)17-13/h4-5,8-9,13H,6-7H2,1-3H3,(H,17,21). The van der Waals surface area contributed by atoms with Gasteiger partial charge in [0.2, 0.25) is 0 Å². The summed E-state index contributed by atoms with van der Waals surface area (Å²) in [5.74, 6) is 1.18. The number of nitrogens with one attached hydrogen (secondary N) is 1. The fourth-order valence-electron chi connectivity index (χ4n) is 3.17. The average molecular weight is 371 g/mol. The molecule has 1 saturated heterocycles. The molecule has 1 fully saturated rings. The summed E-state index contributed by atoms with van der Waals surface area (Å²) in [7, 11) is 1.70. The molecule has 0 aliphatic carbocycles. The number of hydrogen-bond acceptors (Lipinski definition) is 3. The van der Waals surface area contributed by atoms with Crippen LogP contribution >= 0.6 is 28.1 Å². The Balaban J connectivity index is 2.03. The first-order chi connectivity index (χ1) is 9.97. The van der Waals surface area contributed by atoms with Crippen LogP contribution in [0.5, 0.6) is 5.75 Å². The van der Waals surface area contributed by atoms with Gasteiger partial charge in [-0.3, -0.25) is 0 Å². The van der Waals surface area contributed by atoms with Crippen molar-refractivity contribution >= 4 is 33.3 Å². The van der Waals surface area contributed by atoms with Crippen LogP contribution in [0.2, 0.25) is 0 Å². The summed E-state index contributed by atoms with van der Waals surface area (Å²) >= 11 is 9.08. The minimum Gasteiger partial charge on any atom is -0.467 e. The molecule has 0 amide bonds. The van der Waals surface area contributed by atoms with Gasteiger partial charge in [-0.25, -0.2) is 0 Å². The molecule has 2 heterocycles. The molecule has 1 aromatic rings. The Bertz CT molecular complexity index is 583. The van der Waals surface area contributed by atoms with Crippen LogP contribution in [0.1, 0.15) is 25.5 Å². The van der Waals surface area contributed by atoms with Gasteiger partial charge in [-0.1, -0.05) is 22.9 Å². The quantitative estimate of drug-likeness (QED) is 0.826. The number of benzene rings is 1. The number of hydrogen-bond donors (Lipinski definition) is 1. The predicted octanol–water partition coefficient (Wildman–Crippen LogP) is 3.07. The van der Waals surface area contributed by atoms with E-state index in [4.69, 9.17) is 21.7 Å². The number of nitrogens with zero attached hydrogens (tertiary/aromatic N) is 1. The van der Waals surface area contributed by atoms with Gasteiger partial charge in [0, 0.05) is 29.6 Å². The Kier molecular flexibility index (Phi) is 3.88. The molecule has 0 aromatic heterocycles. The summed E-state index contributed by atoms with van der Waals surface area (Å²) in [5.41, 5.74) is 0.704. The predicted molar refractivity (Wildman–Crippen MR) is 89.4 cm³/mol. The first-order valence-corrected chi connectivity index (χ1v) is 8.23. The zero-order valence-corrected chi connectivity index (χ0v) is 14.8. The minimum absolute atomic E-state index is 0.169. The lowest BCUT2D eigenvalue weighted by atomic mass is 9.81. The molecule has 3 unspecified atom stereocenters. The van der Waals surface area contributed by atoms with Crippen molar-refractivity contribution in [3.63, 3.8) is 0 Å². The molecule has 4 nitrogen and oxygen atoms in total. The van der Waals surface area contributed by atoms with Crippen LogP contribution < -0.4 is 10.1 Å². The van der Waals surface area contributed by atoms with Crippen molar-refractivity contribution in [1.82, 2.24) is 10.2 Å². The first kappa shape index (κ1) is 15.1. The van der Waals surface area contributed by atoms with E-state index in [1.54, 1.807) is 7.11 Å². The smallest absolute Gasteiger partial charge is 0.186 e. The van der Waals surface area contributed by atoms with E-state index in [0.717, 1.165) is 20.9 Å². The molecule has 1 aromatic carbocycles. The molecule has 0 radical (unpaired) electrons. The highest BCUT2D eigenvalue weighted by atomic mass is 79.9. The summed E-state index contributed by atoms with van der Waals surface area (Å²) in [6.07, 6.45) is 0. The van der Waals surface area contributed by atoms with Gasteiger partial charge in [-0.05, 0) is 37.3 Å². The number of rotatable bonds is 3. The molecular weight excluding hydrogens is 352 g/mol. The molecular formula is C15H19BrN2O2S. The van der Waals surface area contributed by atoms with E-state index in [-0.39, 0.29) is 12.0 Å². The SMILES string of the molecule is COCCN1C(=S)NC2c3cc(Br)ccc3OC1(C)C2C. The summed E-state index contributed by atoms with van der Waals surface area (Å²) in [6, 6.07) is 6.30. The molecule has 0 saturated carbocycles. The van der Waals surface area contributed by atoms with Crippen LogP contribution in [0.15, 0.2) is 22.7 Å². The fourth-order valence-corrected chi connectivity index (χ4v) is 3.95. The number of methoxy groups -OCH3 is 1. The van der Waals surface area contributed by atoms with Crippen molar-refractivity contribution in [3.8, 4) is 5.75 Å². The molecule has 6 heteroatoms. The van der Waals surface area contributed by atoms with Gasteiger partial charge < -0.3 is 19.7 Å². The van der Waals surface area contributed by atoms with Crippen LogP contribution in [0.3, 0.4) is 0 Å². The molecule has 3 rings (SSSR count). The van der Waals surface area contributed by atoms with Crippen molar-refractivity contribution in [3.05, 3.63) is 28.2 Å². The van der Waals surface area contributed by atoms with Crippen LogP contribution in [0.25, 0.3) is 0 Å². The van der Waals surface area contributed by atoms with E-state index >= 15 is 0 Å². The van der Waals surface area contributed by atoms with Gasteiger partial charge in [-0.2, -0.15) is 0 Å². The van der Waals surface area contributed by atoms with Gasteiger partial charge in [0.1, 0.15) is 5.75 Å². The van der Waals surface area contributed by atoms with Crippen LogP contribution in [0, 0.1) is 5.92 Å². The first-order valence-electron chi connectivity index (χ1n) is 7.03. The van der Waals surface area contributed by atoms with Gasteiger partial charge in [0.25, 0.3) is 0 Å². The van der Waals surface area contributed by atoms with Gasteiger partial charge in [-0.15, -0.1) is 0 Å². The van der Waals surface area contributed by atoms with Gasteiger partial charge >= 0.3 is 0 Å². The van der Waals surface area contributed by atoms with Gasteiger partial charge in [0.15, 0.2) is 10.8 Å². The van der Waals surface area contributed by atoms with Crippen LogP contribution in [-0.2, 0) is 4.74 Å². The molecule has 1 N–H and O–H groups in total. The Morgan fingerprint density at radius 3 is 3.00 bits per heavy atom. The summed E-state index contributed by atoms with van der Waals surface area (Å²) in [4.78, 5) is 2.10. The second kappa shape index (κ2) is 5.41. The molecule has 0 spiro atoms. The van der Waals surface area contributed by atoms with E-state index in [0.29, 0.717) is 13.2 Å². The monoisotopic (exact) mass is 370 g/mol. The van der Waals surface area contributed by atoms with Crippen LogP contribution in [-0.4, -0.2) is 36.0 Å². The van der Waals surface area contributed by atoms with Crippen molar-refractivity contribution in [2.75, 3.05) is 20.3 Å². The maximum Gasteiger partial charge on any atom is 0.186 e. The molecule has 21 heavy (non-hydrogen) atoms. The lowest BCUT2D eigenvalue weighted by Gasteiger charge is -2.56. The zero-order valence-electron chi connectivity index (χ0n) is 12.4. The highest BCUT2D eigenvalue weighted by Crippen LogP contribution is 2.48. The second-order valence-electron chi connectivity index (χ2n) is 5.70. The third-order valence-electron chi connectivity index (χ3n) is 4.55. The van der Waals surface area contributed by atoms with E-state index in [1.165, 1.54) is 0 Å². The summed E-state index contributed by atoms with van der Waals surface area (Å²) in [5, 5.41) is 4.19. The Labute approximate surface area is 138 Å². The fraction of sp³-hybridized carbons (Fsp3) is 0.533. The van der Waals surface area contributed by atoms with E-state index < -0.39 is 5.72 Å². The summed E-state index contributed by atoms with van der Waals surface area (Å²) < 4.78 is 12.6. The number of thiocarbonyl (C=S) groups is 1. The van der Waals surface area contributed by atoms with E-state index in [9.17, 15) is 0 Å². The Hall–Kier alpha value is -0.850. The number of ether oxygens (including phenoxy) is 2. The minimum atomic E-state index is -0.452. The van der Waals surface area contributed by atoms with Gasteiger partial charge in [0.05, 0.1) is 12.6 Å². The van der Waals surface area contributed by atoms with Crippen molar-refractivity contribution in [2.45, 2.75) is 25.6 Å². The summed E-state index contributed by atoms with van der Waals surface area (Å²) in [6.45, 7) is 5.63. The largest absolute Gasteiger partial charge is 0.467 e. The third-order valence-corrected chi connectivity index (χ3v) is 5.38. The average Bonchev–Trinajstić information content (AvgIpc) is 2.44. The van der Waals surface area contributed by atoms with Crippen molar-refractivity contribution in [1.29, 1.82) is 0 Å². The third kappa shape index (κ3) is 2.33. The molecule has 3 atom stereocenters. The Morgan fingerprint density at radius 1 is 1.52 bits per heavy atom. The second-order valence-corrected chi connectivity index (χ2v) is 7.00. The van der Waals surface area contributed by atoms with Crippen molar-refractivity contribution < 1.29 is 9.47 Å². The highest BCUT2D eigenvalue weighted by molar-refractivity contribution is 9.10. The lowest BCUT2D eigenvalue weighted by Crippen LogP contribution is -2.69. The maximum atomic E-state index is 6.36.